The number of rotatable bonds is 7. The Bertz CT molecular complexity index is 756. The summed E-state index contributed by atoms with van der Waals surface area (Å²) in [6.45, 7) is -0.0362. The lowest BCUT2D eigenvalue weighted by atomic mass is 10.1. The molecule has 0 saturated carbocycles. The quantitative estimate of drug-likeness (QED) is 0.359. The van der Waals surface area contributed by atoms with Crippen molar-refractivity contribution >= 4 is 35.0 Å². The number of nitrogens with zero attached hydrogens (tertiary/aromatic N) is 1. The number of para-hydroxylation sites is 1. The van der Waals surface area contributed by atoms with Crippen LogP contribution in [0.5, 0.6) is 0 Å². The van der Waals surface area contributed by atoms with Crippen LogP contribution in [0.4, 0.5) is 5.69 Å². The van der Waals surface area contributed by atoms with Crippen molar-refractivity contribution in [2.45, 2.75) is 6.54 Å². The first kappa shape index (κ1) is 17.4. The third-order valence-electron chi connectivity index (χ3n) is 2.92. The van der Waals surface area contributed by atoms with Crippen molar-refractivity contribution in [1.29, 1.82) is 0 Å². The molecule has 0 aliphatic heterocycles. The molecule has 0 aliphatic carbocycles. The average molecular weight is 346 g/mol. The van der Waals surface area contributed by atoms with Gasteiger partial charge >= 0.3 is 5.97 Å². The summed E-state index contributed by atoms with van der Waals surface area (Å²) in [5, 5.41) is 15.4. The number of amides is 1. The van der Waals surface area contributed by atoms with Gasteiger partial charge in [-0.3, -0.25) is 14.9 Å². The fourth-order valence-corrected chi connectivity index (χ4v) is 2.43. The molecule has 2 aromatic rings. The van der Waals surface area contributed by atoms with Crippen LogP contribution in [0.15, 0.2) is 47.9 Å². The molecule has 0 unspecified atom stereocenters. The number of nitro benzene ring substituents is 1. The van der Waals surface area contributed by atoms with E-state index in [2.05, 4.69) is 5.32 Å². The topological polar surface area (TPSA) is 98.5 Å². The molecule has 1 heterocycles. The summed E-state index contributed by atoms with van der Waals surface area (Å²) in [4.78, 5) is 34.4. The molecule has 124 valence electrons. The van der Waals surface area contributed by atoms with Gasteiger partial charge in [0.2, 0.25) is 0 Å². The molecule has 7 nitrogen and oxygen atoms in total. The molecule has 0 aliphatic rings. The Morgan fingerprint density at radius 1 is 1.25 bits per heavy atom. The molecule has 1 N–H and O–H groups in total. The van der Waals surface area contributed by atoms with Gasteiger partial charge in [0.15, 0.2) is 6.61 Å². The average Bonchev–Trinajstić information content (AvgIpc) is 3.10. The molecule has 0 bridgehead atoms. The summed E-state index contributed by atoms with van der Waals surface area (Å²) < 4.78 is 4.79. The van der Waals surface area contributed by atoms with E-state index in [4.69, 9.17) is 4.74 Å². The molecule has 1 amide bonds. The van der Waals surface area contributed by atoms with Crippen LogP contribution < -0.4 is 5.32 Å². The van der Waals surface area contributed by atoms with Gasteiger partial charge in [0.05, 0.1) is 17.0 Å². The lowest BCUT2D eigenvalue weighted by molar-refractivity contribution is -0.385. The SMILES string of the molecule is O=C(COC(=O)/C=C/c1ccccc1[N+](=O)[O-])NCc1cccs1. The van der Waals surface area contributed by atoms with Crippen LogP contribution in [-0.2, 0) is 20.9 Å². The molecule has 0 radical (unpaired) electrons. The summed E-state index contributed by atoms with van der Waals surface area (Å²) in [5.41, 5.74) is 0.164. The zero-order valence-electron chi connectivity index (χ0n) is 12.5. The van der Waals surface area contributed by atoms with Crippen molar-refractivity contribution in [3.63, 3.8) is 0 Å². The Hall–Kier alpha value is -3.00. The highest BCUT2D eigenvalue weighted by molar-refractivity contribution is 7.09. The maximum atomic E-state index is 11.6. The van der Waals surface area contributed by atoms with Crippen molar-refractivity contribution in [1.82, 2.24) is 5.32 Å². The van der Waals surface area contributed by atoms with Crippen molar-refractivity contribution in [3.05, 3.63) is 68.4 Å². The smallest absolute Gasteiger partial charge is 0.331 e. The number of carbonyl (C=O) groups excluding carboxylic acids is 2. The van der Waals surface area contributed by atoms with Gasteiger partial charge in [-0.05, 0) is 23.6 Å². The first-order valence-electron chi connectivity index (χ1n) is 6.93. The third kappa shape index (κ3) is 5.33. The van der Waals surface area contributed by atoms with Crippen LogP contribution in [0.2, 0.25) is 0 Å². The molecule has 0 fully saturated rings. The Kier molecular flexibility index (Phi) is 6.21. The molecular weight excluding hydrogens is 332 g/mol. The van der Waals surface area contributed by atoms with Crippen LogP contribution in [0.3, 0.4) is 0 Å². The van der Waals surface area contributed by atoms with Gasteiger partial charge in [-0.2, -0.15) is 0 Å². The standard InChI is InChI=1S/C16H14N2O5S/c19-15(17-10-13-5-3-9-24-13)11-23-16(20)8-7-12-4-1-2-6-14(12)18(21)22/h1-9H,10-11H2,(H,17,19)/b8-7+. The van der Waals surface area contributed by atoms with Crippen molar-refractivity contribution in [2.24, 2.45) is 0 Å². The van der Waals surface area contributed by atoms with Crippen molar-refractivity contribution in [3.8, 4) is 0 Å². The minimum Gasteiger partial charge on any atom is -0.452 e. The third-order valence-corrected chi connectivity index (χ3v) is 3.79. The largest absolute Gasteiger partial charge is 0.452 e. The van der Waals surface area contributed by atoms with E-state index >= 15 is 0 Å². The number of hydrogen-bond donors (Lipinski definition) is 1. The van der Waals surface area contributed by atoms with Crippen LogP contribution >= 0.6 is 11.3 Å². The molecule has 2 rings (SSSR count). The summed E-state index contributed by atoms with van der Waals surface area (Å²) in [6.07, 6.45) is 2.33. The molecular formula is C16H14N2O5S. The van der Waals surface area contributed by atoms with E-state index in [1.807, 2.05) is 17.5 Å². The number of benzene rings is 1. The lowest BCUT2D eigenvalue weighted by Gasteiger charge is -2.03. The molecule has 8 heteroatoms. The highest BCUT2D eigenvalue weighted by Crippen LogP contribution is 2.18. The van der Waals surface area contributed by atoms with Gasteiger partial charge in [-0.25, -0.2) is 4.79 Å². The van der Waals surface area contributed by atoms with E-state index in [0.717, 1.165) is 11.0 Å². The van der Waals surface area contributed by atoms with Gasteiger partial charge in [-0.15, -0.1) is 11.3 Å². The van der Waals surface area contributed by atoms with Crippen molar-refractivity contribution in [2.75, 3.05) is 6.61 Å². The van der Waals surface area contributed by atoms with E-state index in [9.17, 15) is 19.7 Å². The van der Waals surface area contributed by atoms with E-state index < -0.39 is 23.4 Å². The Labute approximate surface area is 141 Å². The summed E-state index contributed by atoms with van der Waals surface area (Å²) in [6, 6.07) is 9.76. The second-order valence-electron chi connectivity index (χ2n) is 4.61. The molecule has 0 spiro atoms. The van der Waals surface area contributed by atoms with E-state index in [0.29, 0.717) is 6.54 Å². The van der Waals surface area contributed by atoms with Crippen LogP contribution in [0, 0.1) is 10.1 Å². The second kappa shape index (κ2) is 8.59. The summed E-state index contributed by atoms with van der Waals surface area (Å²) in [5.74, 6) is -1.17. The number of ether oxygens (including phenoxy) is 1. The zero-order valence-corrected chi connectivity index (χ0v) is 13.3. The fourth-order valence-electron chi connectivity index (χ4n) is 1.79. The van der Waals surface area contributed by atoms with Gasteiger partial charge in [0, 0.05) is 17.0 Å². The van der Waals surface area contributed by atoms with Gasteiger partial charge in [0.25, 0.3) is 11.6 Å². The Balaban J connectivity index is 1.80. The number of thiophene rings is 1. The minimum absolute atomic E-state index is 0.116. The van der Waals surface area contributed by atoms with E-state index in [-0.39, 0.29) is 11.3 Å². The van der Waals surface area contributed by atoms with Gasteiger partial charge in [0.1, 0.15) is 0 Å². The fraction of sp³-hybridized carbons (Fsp3) is 0.125. The minimum atomic E-state index is -0.751. The molecule has 1 aromatic heterocycles. The lowest BCUT2D eigenvalue weighted by Crippen LogP contribution is -2.27. The number of esters is 1. The van der Waals surface area contributed by atoms with Crippen LogP contribution in [0.25, 0.3) is 6.08 Å². The van der Waals surface area contributed by atoms with E-state index in [1.165, 1.54) is 35.6 Å². The first-order valence-corrected chi connectivity index (χ1v) is 7.81. The number of nitro groups is 1. The number of nitrogens with one attached hydrogen (secondary N) is 1. The van der Waals surface area contributed by atoms with Crippen molar-refractivity contribution < 1.29 is 19.2 Å². The summed E-state index contributed by atoms with van der Waals surface area (Å²) in [7, 11) is 0. The molecule has 0 atom stereocenters. The van der Waals surface area contributed by atoms with E-state index in [1.54, 1.807) is 6.07 Å². The summed E-state index contributed by atoms with van der Waals surface area (Å²) >= 11 is 1.51. The molecule has 1 aromatic carbocycles. The predicted molar refractivity (Wildman–Crippen MR) is 89.3 cm³/mol. The van der Waals surface area contributed by atoms with Gasteiger partial charge < -0.3 is 10.1 Å². The highest BCUT2D eigenvalue weighted by Gasteiger charge is 2.10. The van der Waals surface area contributed by atoms with Crippen LogP contribution in [-0.4, -0.2) is 23.4 Å². The zero-order chi connectivity index (χ0) is 17.4. The van der Waals surface area contributed by atoms with Gasteiger partial charge in [-0.1, -0.05) is 18.2 Å². The maximum absolute atomic E-state index is 11.6. The predicted octanol–water partition coefficient (Wildman–Crippen LogP) is 2.53. The highest BCUT2D eigenvalue weighted by atomic mass is 32.1. The maximum Gasteiger partial charge on any atom is 0.331 e. The molecule has 24 heavy (non-hydrogen) atoms. The second-order valence-corrected chi connectivity index (χ2v) is 5.65. The monoisotopic (exact) mass is 346 g/mol. The first-order chi connectivity index (χ1) is 11.6. The van der Waals surface area contributed by atoms with Crippen LogP contribution in [0.1, 0.15) is 10.4 Å². The number of hydrogen-bond acceptors (Lipinski definition) is 6. The Morgan fingerprint density at radius 3 is 2.75 bits per heavy atom. The number of carbonyl (C=O) groups is 2. The molecule has 0 saturated heterocycles. The Morgan fingerprint density at radius 2 is 2.04 bits per heavy atom. The normalized spacial score (nSPS) is 10.5.